The number of aliphatic imine (C=N–C) groups is 1. The first kappa shape index (κ1) is 29.0. The molecule has 2 aliphatic rings. The smallest absolute Gasteiger partial charge is 0.247 e. The van der Waals surface area contributed by atoms with Crippen molar-refractivity contribution < 1.29 is 18.7 Å². The summed E-state index contributed by atoms with van der Waals surface area (Å²) in [6.45, 7) is 9.12. The van der Waals surface area contributed by atoms with E-state index >= 15 is 4.39 Å². The summed E-state index contributed by atoms with van der Waals surface area (Å²) < 4.78 is 26.8. The molecule has 1 atom stereocenters. The van der Waals surface area contributed by atoms with E-state index in [0.29, 0.717) is 40.0 Å². The number of hydrogen-bond acceptors (Lipinski definition) is 9. The first-order valence-electron chi connectivity index (χ1n) is 13.7. The van der Waals surface area contributed by atoms with Gasteiger partial charge in [-0.05, 0) is 63.8 Å². The van der Waals surface area contributed by atoms with Crippen molar-refractivity contribution in [1.82, 2.24) is 14.9 Å². The first-order chi connectivity index (χ1) is 20.0. The lowest BCUT2D eigenvalue weighted by Gasteiger charge is -2.26. The van der Waals surface area contributed by atoms with E-state index in [2.05, 4.69) is 37.1 Å². The second-order valence-electron chi connectivity index (χ2n) is 11.3. The van der Waals surface area contributed by atoms with Crippen molar-refractivity contribution in [2.24, 2.45) is 4.99 Å². The molecule has 0 spiro atoms. The number of rotatable bonds is 10. The summed E-state index contributed by atoms with van der Waals surface area (Å²) in [5.41, 5.74) is 3.83. The second kappa shape index (κ2) is 11.4. The van der Waals surface area contributed by atoms with Crippen molar-refractivity contribution in [1.29, 1.82) is 0 Å². The number of nitrogens with zero attached hydrogens (tertiary/aromatic N) is 5. The molecule has 3 aromatic rings. The summed E-state index contributed by atoms with van der Waals surface area (Å²) in [4.78, 5) is 29.9. The third-order valence-corrected chi connectivity index (χ3v) is 7.32. The highest BCUT2D eigenvalue weighted by Gasteiger charge is 2.44. The monoisotopic (exact) mass is 573 g/mol. The number of hydrogen-bond donors (Lipinski definition) is 2. The van der Waals surface area contributed by atoms with Crippen molar-refractivity contribution in [2.75, 3.05) is 56.9 Å². The van der Waals surface area contributed by atoms with Gasteiger partial charge in [0.1, 0.15) is 22.9 Å². The van der Waals surface area contributed by atoms with Gasteiger partial charge in [0.15, 0.2) is 5.90 Å². The molecule has 1 fully saturated rings. The molecule has 0 aliphatic carbocycles. The molecule has 3 heterocycles. The Kier molecular flexibility index (Phi) is 7.87. The maximum Gasteiger partial charge on any atom is 0.247 e. The zero-order valence-electron chi connectivity index (χ0n) is 24.8. The number of ether oxygens (including phenoxy) is 2. The van der Waals surface area contributed by atoms with E-state index in [-0.39, 0.29) is 23.4 Å². The van der Waals surface area contributed by atoms with E-state index < -0.39 is 5.82 Å². The molecule has 220 valence electrons. The number of aromatic nitrogens is 2. The lowest BCUT2D eigenvalue weighted by Crippen LogP contribution is -2.29. The van der Waals surface area contributed by atoms with Crippen molar-refractivity contribution in [3.63, 3.8) is 0 Å². The molecule has 1 saturated heterocycles. The average Bonchev–Trinajstić information content (AvgIpc) is 3.44. The maximum atomic E-state index is 15.2. The lowest BCUT2D eigenvalue weighted by atomic mass is 9.90. The largest absolute Gasteiger partial charge is 0.494 e. The van der Waals surface area contributed by atoms with Crippen LogP contribution >= 0.6 is 0 Å². The summed E-state index contributed by atoms with van der Waals surface area (Å²) >= 11 is 0. The standard InChI is InChI=1S/C31H36FN7O3/c1-8-27(40)34-23-15-24(26(41-7)16-25(23)39(6)12-11-38(4)5)36-30-33-10-9-22(35-30)18-13-19-20-17-31(2,3)42-29(20)37-28(19)21(32)14-18/h8-10,13-16,20H,1,11-12,17H2,2-7H3,(H,34,40)(H,33,35,36). The number of amides is 1. The zero-order chi connectivity index (χ0) is 30.2. The summed E-state index contributed by atoms with van der Waals surface area (Å²) in [5, 5.41) is 6.10. The molecule has 10 nitrogen and oxygen atoms in total. The van der Waals surface area contributed by atoms with E-state index in [1.807, 2.05) is 52.0 Å². The van der Waals surface area contributed by atoms with Gasteiger partial charge in [-0.2, -0.15) is 0 Å². The highest BCUT2D eigenvalue weighted by Crippen LogP contribution is 2.48. The van der Waals surface area contributed by atoms with Crippen LogP contribution in [0.3, 0.4) is 0 Å². The summed E-state index contributed by atoms with van der Waals surface area (Å²) in [7, 11) is 7.52. The number of carbonyl (C=O) groups excluding carboxylic acids is 1. The Balaban J connectivity index is 1.46. The molecule has 2 N–H and O–H groups in total. The van der Waals surface area contributed by atoms with Gasteiger partial charge in [-0.25, -0.2) is 19.4 Å². The third kappa shape index (κ3) is 5.91. The fourth-order valence-electron chi connectivity index (χ4n) is 5.19. The molecule has 11 heteroatoms. The van der Waals surface area contributed by atoms with Gasteiger partial charge in [0.05, 0.1) is 35.8 Å². The Morgan fingerprint density at radius 3 is 2.71 bits per heavy atom. The number of halogens is 1. The minimum Gasteiger partial charge on any atom is -0.494 e. The van der Waals surface area contributed by atoms with Crippen LogP contribution in [0.25, 0.3) is 11.3 Å². The fourth-order valence-corrected chi connectivity index (χ4v) is 5.19. The Morgan fingerprint density at radius 1 is 1.21 bits per heavy atom. The minimum absolute atomic E-state index is 0.0771. The van der Waals surface area contributed by atoms with Crippen LogP contribution in [0.5, 0.6) is 5.75 Å². The van der Waals surface area contributed by atoms with Gasteiger partial charge in [0.25, 0.3) is 0 Å². The minimum atomic E-state index is -0.419. The second-order valence-corrected chi connectivity index (χ2v) is 11.3. The topological polar surface area (TPSA) is 104 Å². The number of nitrogens with one attached hydrogen (secondary N) is 2. The fraction of sp³-hybridized carbons (Fsp3) is 0.355. The van der Waals surface area contributed by atoms with E-state index in [1.165, 1.54) is 12.1 Å². The van der Waals surface area contributed by atoms with E-state index in [4.69, 9.17) is 9.47 Å². The van der Waals surface area contributed by atoms with Gasteiger partial charge < -0.3 is 29.9 Å². The number of anilines is 4. The molecule has 0 bridgehead atoms. The van der Waals surface area contributed by atoms with Gasteiger partial charge in [-0.15, -0.1) is 0 Å². The Morgan fingerprint density at radius 2 is 2.00 bits per heavy atom. The van der Waals surface area contributed by atoms with Crippen LogP contribution in [0.15, 0.2) is 54.2 Å². The quantitative estimate of drug-likeness (QED) is 0.307. The maximum absolute atomic E-state index is 15.2. The predicted molar refractivity (Wildman–Crippen MR) is 164 cm³/mol. The molecule has 1 amide bonds. The highest BCUT2D eigenvalue weighted by atomic mass is 19.1. The Labute approximate surface area is 245 Å². The summed E-state index contributed by atoms with van der Waals surface area (Å²) in [6.07, 6.45) is 3.55. The van der Waals surface area contributed by atoms with Crippen LogP contribution in [-0.4, -0.2) is 73.6 Å². The highest BCUT2D eigenvalue weighted by molar-refractivity contribution is 6.02. The number of likely N-dealkylation sites (N-methyl/N-ethyl adjacent to an activating group) is 2. The van der Waals surface area contributed by atoms with Crippen LogP contribution in [0, 0.1) is 5.82 Å². The molecular formula is C31H36FN7O3. The summed E-state index contributed by atoms with van der Waals surface area (Å²) in [5.74, 6) is 0.545. The molecule has 2 aliphatic heterocycles. The number of fused-ring (bicyclic) bond motifs is 3. The Bertz CT molecular complexity index is 1570. The Hall–Kier alpha value is -4.51. The number of carbonyl (C=O) groups is 1. The average molecular weight is 574 g/mol. The molecule has 42 heavy (non-hydrogen) atoms. The molecule has 1 unspecified atom stereocenters. The first-order valence-corrected chi connectivity index (χ1v) is 13.7. The van der Waals surface area contributed by atoms with Crippen molar-refractivity contribution in [2.45, 2.75) is 31.8 Å². The third-order valence-electron chi connectivity index (χ3n) is 7.32. The van der Waals surface area contributed by atoms with Gasteiger partial charge in [-0.3, -0.25) is 4.79 Å². The van der Waals surface area contributed by atoms with Gasteiger partial charge in [-0.1, -0.05) is 6.58 Å². The van der Waals surface area contributed by atoms with Crippen molar-refractivity contribution in [3.05, 3.63) is 60.6 Å². The number of methoxy groups -OCH3 is 1. The van der Waals surface area contributed by atoms with Crippen LogP contribution in [-0.2, 0) is 9.53 Å². The van der Waals surface area contributed by atoms with Gasteiger partial charge in [0, 0.05) is 44.4 Å². The molecule has 0 saturated carbocycles. The predicted octanol–water partition coefficient (Wildman–Crippen LogP) is 5.48. The molecule has 2 aromatic carbocycles. The molecule has 1 aromatic heterocycles. The zero-order valence-corrected chi connectivity index (χ0v) is 24.8. The van der Waals surface area contributed by atoms with Crippen LogP contribution in [0.1, 0.15) is 31.7 Å². The summed E-state index contributed by atoms with van der Waals surface area (Å²) in [6, 6.07) is 8.71. The van der Waals surface area contributed by atoms with Crippen LogP contribution < -0.4 is 20.3 Å². The number of benzene rings is 2. The molecule has 0 radical (unpaired) electrons. The van der Waals surface area contributed by atoms with E-state index in [1.54, 1.807) is 25.4 Å². The lowest BCUT2D eigenvalue weighted by molar-refractivity contribution is -0.111. The van der Waals surface area contributed by atoms with Crippen LogP contribution in [0.2, 0.25) is 0 Å². The van der Waals surface area contributed by atoms with E-state index in [0.717, 1.165) is 30.8 Å². The molecule has 5 rings (SSSR count). The van der Waals surface area contributed by atoms with Crippen LogP contribution in [0.4, 0.5) is 33.1 Å². The van der Waals surface area contributed by atoms with Gasteiger partial charge >= 0.3 is 0 Å². The van der Waals surface area contributed by atoms with Gasteiger partial charge in [0.2, 0.25) is 11.9 Å². The van der Waals surface area contributed by atoms with Crippen molar-refractivity contribution in [3.8, 4) is 17.0 Å². The van der Waals surface area contributed by atoms with E-state index in [9.17, 15) is 4.79 Å². The SMILES string of the molecule is C=CC(=O)Nc1cc(Nc2nccc(-c3cc(F)c4c(c3)C3CC(C)(C)OC3=N4)n2)c(OC)cc1N(C)CCN(C)C. The molecular weight excluding hydrogens is 537 g/mol. The van der Waals surface area contributed by atoms with Crippen molar-refractivity contribution >= 4 is 40.5 Å². The normalized spacial score (nSPS) is 16.3.